The van der Waals surface area contributed by atoms with Gasteiger partial charge in [0.2, 0.25) is 5.91 Å². The molecule has 0 saturated carbocycles. The van der Waals surface area contributed by atoms with Crippen LogP contribution in [0.2, 0.25) is 0 Å². The van der Waals surface area contributed by atoms with Crippen molar-refractivity contribution >= 4 is 23.2 Å². The first-order chi connectivity index (χ1) is 12.4. The van der Waals surface area contributed by atoms with E-state index in [-0.39, 0.29) is 11.4 Å². The molecule has 1 heterocycles. The number of benzene rings is 2. The molecule has 0 bridgehead atoms. The van der Waals surface area contributed by atoms with E-state index < -0.39 is 23.4 Å². The van der Waals surface area contributed by atoms with Crippen molar-refractivity contribution in [3.05, 3.63) is 72.3 Å². The van der Waals surface area contributed by atoms with Crippen LogP contribution in [0.25, 0.3) is 5.69 Å². The Morgan fingerprint density at radius 1 is 1.04 bits per heavy atom. The fraction of sp³-hybridized carbons (Fsp3) is 0.0556. The fourth-order valence-electron chi connectivity index (χ4n) is 2.35. The van der Waals surface area contributed by atoms with E-state index in [9.17, 15) is 18.4 Å². The molecular weight excluding hydrogens is 342 g/mol. The first-order valence-corrected chi connectivity index (χ1v) is 7.61. The summed E-state index contributed by atoms with van der Waals surface area (Å²) in [4.78, 5) is 27.6. The molecule has 3 aromatic rings. The van der Waals surface area contributed by atoms with E-state index in [0.29, 0.717) is 11.4 Å². The van der Waals surface area contributed by atoms with Crippen LogP contribution in [0.3, 0.4) is 0 Å². The summed E-state index contributed by atoms with van der Waals surface area (Å²) in [5.41, 5.74) is 1.03. The minimum Gasteiger partial charge on any atom is -0.324 e. The number of hydrogen-bond donors (Lipinski definition) is 2. The number of aromatic nitrogens is 2. The van der Waals surface area contributed by atoms with Crippen molar-refractivity contribution in [2.45, 2.75) is 6.92 Å². The van der Waals surface area contributed by atoms with Crippen molar-refractivity contribution < 1.29 is 18.4 Å². The minimum absolute atomic E-state index is 0.0395. The molecule has 0 radical (unpaired) electrons. The van der Waals surface area contributed by atoms with E-state index >= 15 is 0 Å². The lowest BCUT2D eigenvalue weighted by Crippen LogP contribution is -2.16. The largest absolute Gasteiger partial charge is 0.324 e. The number of imidazole rings is 1. The molecule has 0 fully saturated rings. The summed E-state index contributed by atoms with van der Waals surface area (Å²) >= 11 is 0. The van der Waals surface area contributed by atoms with Crippen molar-refractivity contribution in [1.82, 2.24) is 9.55 Å². The molecule has 0 atom stereocenters. The van der Waals surface area contributed by atoms with Gasteiger partial charge in [0.25, 0.3) is 5.91 Å². The van der Waals surface area contributed by atoms with Gasteiger partial charge in [0, 0.05) is 18.3 Å². The van der Waals surface area contributed by atoms with Gasteiger partial charge < -0.3 is 10.6 Å². The number of nitrogens with zero attached hydrogens (tertiary/aromatic N) is 2. The van der Waals surface area contributed by atoms with E-state index in [4.69, 9.17) is 0 Å². The van der Waals surface area contributed by atoms with E-state index in [0.717, 1.165) is 6.07 Å². The van der Waals surface area contributed by atoms with Crippen LogP contribution in [0.1, 0.15) is 17.4 Å². The molecule has 1 aromatic heterocycles. The Balaban J connectivity index is 1.84. The van der Waals surface area contributed by atoms with Crippen LogP contribution in [-0.2, 0) is 4.79 Å². The van der Waals surface area contributed by atoms with Crippen LogP contribution in [0.4, 0.5) is 20.2 Å². The Bertz CT molecular complexity index is 968. The Hall–Kier alpha value is -3.55. The van der Waals surface area contributed by atoms with Crippen molar-refractivity contribution in [2.75, 3.05) is 10.6 Å². The van der Waals surface area contributed by atoms with Gasteiger partial charge in [0.1, 0.15) is 17.3 Å². The highest BCUT2D eigenvalue weighted by Gasteiger charge is 2.14. The maximum absolute atomic E-state index is 13.7. The normalized spacial score (nSPS) is 10.4. The smallest absolute Gasteiger partial charge is 0.274 e. The Morgan fingerprint density at radius 2 is 1.77 bits per heavy atom. The number of carbonyl (C=O) groups excluding carboxylic acids is 2. The predicted octanol–water partition coefficient (Wildman–Crippen LogP) is 3.36. The standard InChI is InChI=1S/C18H14F2N4O2/c1-11(25)22-16-8-13(4-7-15(16)20)23-18(26)17-9-21-10-24(17)14-5-2-12(19)3-6-14/h2-10H,1H3,(H,22,25)(H,23,26). The molecule has 6 nitrogen and oxygen atoms in total. The third-order valence-electron chi connectivity index (χ3n) is 3.51. The number of amides is 2. The highest BCUT2D eigenvalue weighted by molar-refractivity contribution is 6.03. The molecule has 0 aliphatic carbocycles. The Labute approximate surface area is 147 Å². The third kappa shape index (κ3) is 3.75. The lowest BCUT2D eigenvalue weighted by molar-refractivity contribution is -0.114. The number of nitrogens with one attached hydrogen (secondary N) is 2. The molecule has 2 N–H and O–H groups in total. The predicted molar refractivity (Wildman–Crippen MR) is 92.2 cm³/mol. The summed E-state index contributed by atoms with van der Waals surface area (Å²) in [6.45, 7) is 1.26. The molecule has 0 spiro atoms. The van der Waals surface area contributed by atoms with Crippen LogP contribution in [0.5, 0.6) is 0 Å². The lowest BCUT2D eigenvalue weighted by atomic mass is 10.2. The van der Waals surface area contributed by atoms with Gasteiger partial charge in [-0.15, -0.1) is 0 Å². The van der Waals surface area contributed by atoms with Gasteiger partial charge in [-0.25, -0.2) is 13.8 Å². The molecule has 8 heteroatoms. The summed E-state index contributed by atoms with van der Waals surface area (Å²) in [5, 5.41) is 4.96. The second kappa shape index (κ2) is 7.14. The van der Waals surface area contributed by atoms with Gasteiger partial charge in [-0.1, -0.05) is 0 Å². The molecular formula is C18H14F2N4O2. The molecule has 26 heavy (non-hydrogen) atoms. The van der Waals surface area contributed by atoms with E-state index in [2.05, 4.69) is 15.6 Å². The highest BCUT2D eigenvalue weighted by atomic mass is 19.1. The zero-order valence-corrected chi connectivity index (χ0v) is 13.7. The average molecular weight is 356 g/mol. The Kier molecular flexibility index (Phi) is 4.74. The maximum atomic E-state index is 13.7. The topological polar surface area (TPSA) is 76.0 Å². The molecule has 3 rings (SSSR count). The molecule has 2 amide bonds. The second-order valence-corrected chi connectivity index (χ2v) is 5.46. The van der Waals surface area contributed by atoms with E-state index in [1.165, 1.54) is 60.4 Å². The van der Waals surface area contributed by atoms with E-state index in [1.807, 2.05) is 0 Å². The van der Waals surface area contributed by atoms with Gasteiger partial charge in [-0.2, -0.15) is 0 Å². The molecule has 2 aromatic carbocycles. The van der Waals surface area contributed by atoms with Crippen molar-refractivity contribution in [1.29, 1.82) is 0 Å². The highest BCUT2D eigenvalue weighted by Crippen LogP contribution is 2.21. The van der Waals surface area contributed by atoms with Crippen LogP contribution in [0.15, 0.2) is 55.0 Å². The SMILES string of the molecule is CC(=O)Nc1cc(NC(=O)c2cncn2-c2ccc(F)cc2)ccc1F. The molecule has 0 aliphatic heterocycles. The number of rotatable bonds is 4. The zero-order chi connectivity index (χ0) is 18.7. The number of carbonyl (C=O) groups is 2. The molecule has 0 aliphatic rings. The van der Waals surface area contributed by atoms with E-state index in [1.54, 1.807) is 0 Å². The maximum Gasteiger partial charge on any atom is 0.274 e. The summed E-state index contributed by atoms with van der Waals surface area (Å²) in [7, 11) is 0. The van der Waals surface area contributed by atoms with Crippen LogP contribution in [-0.4, -0.2) is 21.4 Å². The first kappa shape index (κ1) is 17.3. The van der Waals surface area contributed by atoms with Crippen molar-refractivity contribution in [2.24, 2.45) is 0 Å². The second-order valence-electron chi connectivity index (χ2n) is 5.46. The molecule has 132 valence electrons. The monoisotopic (exact) mass is 356 g/mol. The van der Waals surface area contributed by atoms with Gasteiger partial charge in [-0.05, 0) is 42.5 Å². The molecule has 0 saturated heterocycles. The quantitative estimate of drug-likeness (QED) is 0.753. The van der Waals surface area contributed by atoms with Gasteiger partial charge in [0.05, 0.1) is 18.2 Å². The Morgan fingerprint density at radius 3 is 2.46 bits per heavy atom. The average Bonchev–Trinajstić information content (AvgIpc) is 3.08. The summed E-state index contributed by atoms with van der Waals surface area (Å²) in [6.07, 6.45) is 2.78. The number of anilines is 2. The van der Waals surface area contributed by atoms with Gasteiger partial charge >= 0.3 is 0 Å². The van der Waals surface area contributed by atoms with Crippen LogP contribution < -0.4 is 10.6 Å². The van der Waals surface area contributed by atoms with Crippen LogP contribution >= 0.6 is 0 Å². The van der Waals surface area contributed by atoms with Crippen molar-refractivity contribution in [3.8, 4) is 5.69 Å². The number of halogens is 2. The van der Waals surface area contributed by atoms with Gasteiger partial charge in [0.15, 0.2) is 0 Å². The van der Waals surface area contributed by atoms with Crippen molar-refractivity contribution in [3.63, 3.8) is 0 Å². The fourth-order valence-corrected chi connectivity index (χ4v) is 2.35. The summed E-state index contributed by atoms with van der Waals surface area (Å²) < 4.78 is 28.3. The first-order valence-electron chi connectivity index (χ1n) is 7.61. The minimum atomic E-state index is -0.616. The van der Waals surface area contributed by atoms with Gasteiger partial charge in [-0.3, -0.25) is 14.2 Å². The zero-order valence-electron chi connectivity index (χ0n) is 13.7. The lowest BCUT2D eigenvalue weighted by Gasteiger charge is -2.11. The third-order valence-corrected chi connectivity index (χ3v) is 3.51. The molecule has 0 unspecified atom stereocenters. The summed E-state index contributed by atoms with van der Waals surface area (Å²) in [6, 6.07) is 9.40. The van der Waals surface area contributed by atoms with Crippen LogP contribution in [0, 0.1) is 11.6 Å². The number of hydrogen-bond acceptors (Lipinski definition) is 3. The summed E-state index contributed by atoms with van der Waals surface area (Å²) in [5.74, 6) is -1.93.